The van der Waals surface area contributed by atoms with Crippen LogP contribution in [0.1, 0.15) is 27.4 Å². The molecule has 0 unspecified atom stereocenters. The summed E-state index contributed by atoms with van der Waals surface area (Å²) < 4.78 is 4.68. The molecule has 30 heavy (non-hydrogen) atoms. The molecule has 1 amide bonds. The van der Waals surface area contributed by atoms with Crippen molar-refractivity contribution in [2.24, 2.45) is 5.73 Å². The third-order valence-electron chi connectivity index (χ3n) is 4.65. The summed E-state index contributed by atoms with van der Waals surface area (Å²) in [4.78, 5) is 31.9. The van der Waals surface area contributed by atoms with Gasteiger partial charge in [-0.25, -0.2) is 4.98 Å². The average Bonchev–Trinajstić information content (AvgIpc) is 2.70. The van der Waals surface area contributed by atoms with Gasteiger partial charge in [0.25, 0.3) is 5.91 Å². The van der Waals surface area contributed by atoms with E-state index in [4.69, 9.17) is 28.9 Å². The average molecular weight is 444 g/mol. The minimum Gasteiger partial charge on any atom is -0.469 e. The Labute approximate surface area is 184 Å². The van der Waals surface area contributed by atoms with Crippen LogP contribution in [0, 0.1) is 13.8 Å². The van der Waals surface area contributed by atoms with Gasteiger partial charge in [-0.3, -0.25) is 14.6 Å². The van der Waals surface area contributed by atoms with E-state index in [9.17, 15) is 9.59 Å². The highest BCUT2D eigenvalue weighted by Gasteiger charge is 2.15. The number of carbonyl (C=O) groups excluding carboxylic acids is 2. The fourth-order valence-corrected chi connectivity index (χ4v) is 3.64. The van der Waals surface area contributed by atoms with Gasteiger partial charge < -0.3 is 10.5 Å². The largest absolute Gasteiger partial charge is 0.469 e. The number of nitrogens with two attached hydrogens (primary N) is 1. The Kier molecular flexibility index (Phi) is 6.39. The van der Waals surface area contributed by atoms with Crippen molar-refractivity contribution >= 4 is 35.1 Å². The van der Waals surface area contributed by atoms with Crippen LogP contribution < -0.4 is 5.73 Å². The zero-order valence-corrected chi connectivity index (χ0v) is 18.1. The van der Waals surface area contributed by atoms with Gasteiger partial charge in [0.1, 0.15) is 5.69 Å². The fourth-order valence-electron chi connectivity index (χ4n) is 3.12. The van der Waals surface area contributed by atoms with E-state index >= 15 is 0 Å². The SMILES string of the molecule is COC(=O)Cc1cc(Cl)c(-c2ccc(-c3nc(C(N)=O)c(C)nc3C)cc2)cc1Cl. The Morgan fingerprint density at radius 3 is 2.20 bits per heavy atom. The van der Waals surface area contributed by atoms with E-state index in [0.29, 0.717) is 32.7 Å². The molecule has 8 heteroatoms. The second-order valence-corrected chi connectivity index (χ2v) is 7.52. The van der Waals surface area contributed by atoms with Crippen LogP contribution in [-0.2, 0) is 16.0 Å². The molecule has 0 fully saturated rings. The second kappa shape index (κ2) is 8.81. The first-order valence-electron chi connectivity index (χ1n) is 9.01. The smallest absolute Gasteiger partial charge is 0.310 e. The second-order valence-electron chi connectivity index (χ2n) is 6.71. The third-order valence-corrected chi connectivity index (χ3v) is 5.31. The van der Waals surface area contributed by atoms with Crippen molar-refractivity contribution in [1.82, 2.24) is 9.97 Å². The Morgan fingerprint density at radius 2 is 1.60 bits per heavy atom. The molecule has 6 nitrogen and oxygen atoms in total. The van der Waals surface area contributed by atoms with Gasteiger partial charge in [0.15, 0.2) is 0 Å². The minimum absolute atomic E-state index is 0.0435. The zero-order chi connectivity index (χ0) is 22.0. The fraction of sp³-hybridized carbons (Fsp3) is 0.182. The molecule has 0 aliphatic rings. The Hall–Kier alpha value is -2.96. The van der Waals surface area contributed by atoms with Crippen molar-refractivity contribution in [2.45, 2.75) is 20.3 Å². The molecule has 154 valence electrons. The number of esters is 1. The summed E-state index contributed by atoms with van der Waals surface area (Å²) in [7, 11) is 1.32. The number of carbonyl (C=O) groups is 2. The highest BCUT2D eigenvalue weighted by atomic mass is 35.5. The van der Waals surface area contributed by atoms with Gasteiger partial charge in [0.2, 0.25) is 0 Å². The van der Waals surface area contributed by atoms with Crippen LogP contribution in [-0.4, -0.2) is 29.0 Å². The highest BCUT2D eigenvalue weighted by Crippen LogP contribution is 2.34. The van der Waals surface area contributed by atoms with E-state index in [0.717, 1.165) is 16.7 Å². The zero-order valence-electron chi connectivity index (χ0n) is 16.6. The van der Waals surface area contributed by atoms with Crippen molar-refractivity contribution in [3.63, 3.8) is 0 Å². The summed E-state index contributed by atoms with van der Waals surface area (Å²) in [5, 5.41) is 0.892. The standard InChI is InChI=1S/C22H19Cl2N3O3/c1-11-20(27-21(22(25)29)12(2)26-11)14-6-4-13(5-7-14)16-10-17(23)15(8-18(16)24)9-19(28)30-3/h4-8,10H,9H2,1-3H3,(H2,25,29). The van der Waals surface area contributed by atoms with E-state index in [1.54, 1.807) is 19.1 Å². The number of halogens is 2. The summed E-state index contributed by atoms with van der Waals surface area (Å²) >= 11 is 12.8. The predicted molar refractivity (Wildman–Crippen MR) is 117 cm³/mol. The number of aromatic nitrogens is 2. The number of benzene rings is 2. The lowest BCUT2D eigenvalue weighted by Crippen LogP contribution is -2.17. The molecule has 0 spiro atoms. The summed E-state index contributed by atoms with van der Waals surface area (Å²) in [5.74, 6) is -1.01. The molecule has 2 aromatic carbocycles. The summed E-state index contributed by atoms with van der Waals surface area (Å²) in [5.41, 5.74) is 10.3. The van der Waals surface area contributed by atoms with E-state index in [1.165, 1.54) is 7.11 Å². The Morgan fingerprint density at radius 1 is 0.967 bits per heavy atom. The summed E-state index contributed by atoms with van der Waals surface area (Å²) in [6, 6.07) is 10.9. The highest BCUT2D eigenvalue weighted by molar-refractivity contribution is 6.36. The van der Waals surface area contributed by atoms with Gasteiger partial charge >= 0.3 is 5.97 Å². The molecule has 0 radical (unpaired) electrons. The van der Waals surface area contributed by atoms with Crippen LogP contribution in [0.4, 0.5) is 0 Å². The first-order valence-corrected chi connectivity index (χ1v) is 9.77. The van der Waals surface area contributed by atoms with Crippen LogP contribution in [0.25, 0.3) is 22.4 Å². The first kappa shape index (κ1) is 21.7. The number of ether oxygens (including phenoxy) is 1. The van der Waals surface area contributed by atoms with Crippen molar-refractivity contribution in [2.75, 3.05) is 7.11 Å². The molecule has 0 saturated carbocycles. The molecule has 2 N–H and O–H groups in total. The van der Waals surface area contributed by atoms with E-state index in [-0.39, 0.29) is 12.1 Å². The van der Waals surface area contributed by atoms with Gasteiger partial charge in [-0.2, -0.15) is 0 Å². The van der Waals surface area contributed by atoms with Gasteiger partial charge in [-0.1, -0.05) is 47.5 Å². The maximum absolute atomic E-state index is 11.6. The molecule has 1 heterocycles. The molecule has 0 aliphatic heterocycles. The Bertz CT molecular complexity index is 1150. The lowest BCUT2D eigenvalue weighted by molar-refractivity contribution is -0.139. The molecular formula is C22H19Cl2N3O3. The molecule has 0 saturated heterocycles. The maximum atomic E-state index is 11.6. The third kappa shape index (κ3) is 4.45. The van der Waals surface area contributed by atoms with Gasteiger partial charge in [0, 0.05) is 21.2 Å². The van der Waals surface area contributed by atoms with E-state index in [2.05, 4.69) is 14.7 Å². The normalized spacial score (nSPS) is 10.7. The van der Waals surface area contributed by atoms with Crippen LogP contribution in [0.15, 0.2) is 36.4 Å². The van der Waals surface area contributed by atoms with Crippen molar-refractivity contribution in [1.29, 1.82) is 0 Å². The predicted octanol–water partition coefficient (Wildman–Crippen LogP) is 4.55. The van der Waals surface area contributed by atoms with Gasteiger partial charge in [-0.15, -0.1) is 0 Å². The van der Waals surface area contributed by atoms with Crippen molar-refractivity contribution in [3.05, 3.63) is 69.1 Å². The van der Waals surface area contributed by atoms with Crippen LogP contribution >= 0.6 is 23.2 Å². The first-order chi connectivity index (χ1) is 14.2. The maximum Gasteiger partial charge on any atom is 0.310 e. The number of aryl methyl sites for hydroxylation is 2. The molecule has 0 bridgehead atoms. The van der Waals surface area contributed by atoms with Crippen LogP contribution in [0.2, 0.25) is 10.0 Å². The molecule has 3 rings (SSSR count). The molecule has 3 aromatic rings. The van der Waals surface area contributed by atoms with Crippen LogP contribution in [0.5, 0.6) is 0 Å². The number of amides is 1. The number of hydrogen-bond acceptors (Lipinski definition) is 5. The number of hydrogen-bond donors (Lipinski definition) is 1. The molecule has 0 aliphatic carbocycles. The molecular weight excluding hydrogens is 425 g/mol. The number of rotatable bonds is 5. The quantitative estimate of drug-likeness (QED) is 0.583. The number of nitrogens with zero attached hydrogens (tertiary/aromatic N) is 2. The van der Waals surface area contributed by atoms with Gasteiger partial charge in [0.05, 0.1) is 30.6 Å². The topological polar surface area (TPSA) is 95.2 Å². The van der Waals surface area contributed by atoms with E-state index < -0.39 is 11.9 Å². The van der Waals surface area contributed by atoms with Gasteiger partial charge in [-0.05, 0) is 37.1 Å². The molecule has 0 atom stereocenters. The Balaban J connectivity index is 1.97. The lowest BCUT2D eigenvalue weighted by atomic mass is 10.00. The summed E-state index contributed by atoms with van der Waals surface area (Å²) in [6.45, 7) is 3.52. The van der Waals surface area contributed by atoms with Crippen molar-refractivity contribution < 1.29 is 14.3 Å². The number of primary amides is 1. The van der Waals surface area contributed by atoms with E-state index in [1.807, 2.05) is 31.2 Å². The minimum atomic E-state index is -0.619. The molecule has 1 aromatic heterocycles. The van der Waals surface area contributed by atoms with Crippen LogP contribution in [0.3, 0.4) is 0 Å². The van der Waals surface area contributed by atoms with Crippen molar-refractivity contribution in [3.8, 4) is 22.4 Å². The summed E-state index contributed by atoms with van der Waals surface area (Å²) in [6.07, 6.45) is 0.0435. The lowest BCUT2D eigenvalue weighted by Gasteiger charge is -2.12. The number of methoxy groups -OCH3 is 1. The monoisotopic (exact) mass is 443 g/mol.